The van der Waals surface area contributed by atoms with Crippen LogP contribution < -0.4 is 0 Å². The van der Waals surface area contributed by atoms with Crippen molar-refractivity contribution in [1.29, 1.82) is 0 Å². The molecule has 4 heterocycles. The van der Waals surface area contributed by atoms with Gasteiger partial charge >= 0.3 is 0 Å². The van der Waals surface area contributed by atoms with Crippen LogP contribution in [0.2, 0.25) is 0 Å². The molecule has 0 spiro atoms. The molecule has 266 valence electrons. The number of fused-ring (bicyclic) bond motifs is 9. The molecule has 12 aromatic rings. The van der Waals surface area contributed by atoms with Gasteiger partial charge in [0.2, 0.25) is 0 Å². The van der Waals surface area contributed by atoms with Gasteiger partial charge in [0.1, 0.15) is 11.2 Å². The maximum absolute atomic E-state index is 9.23. The Morgan fingerprint density at radius 2 is 1.09 bits per heavy atom. The Hall–Kier alpha value is -7.41. The van der Waals surface area contributed by atoms with Crippen LogP contribution in [0.15, 0.2) is 186 Å². The van der Waals surface area contributed by atoms with Gasteiger partial charge in [0, 0.05) is 69.5 Å². The van der Waals surface area contributed by atoms with Crippen LogP contribution in [0.1, 0.15) is 8.22 Å². The second kappa shape index (κ2) is 12.6. The maximum atomic E-state index is 9.23. The lowest BCUT2D eigenvalue weighted by Gasteiger charge is -2.16. The van der Waals surface area contributed by atoms with E-state index in [2.05, 4.69) is 36.4 Å². The highest BCUT2D eigenvalue weighted by atomic mass is 32.1. The molecule has 0 fully saturated rings. The average Bonchev–Trinajstić information content (AvgIpc) is 4.00. The number of benzene rings is 8. The highest BCUT2D eigenvalue weighted by molar-refractivity contribution is 7.25. The third kappa shape index (κ3) is 5.04. The molecule has 4 aromatic heterocycles. The molecule has 0 aliphatic heterocycles. The number of para-hydroxylation sites is 4. The van der Waals surface area contributed by atoms with Crippen molar-refractivity contribution in [2.24, 2.45) is 0 Å². The molecule has 0 saturated carbocycles. The Balaban J connectivity index is 1.17. The summed E-state index contributed by atoms with van der Waals surface area (Å²) in [5, 5.41) is 4.49. The summed E-state index contributed by atoms with van der Waals surface area (Å²) in [7, 11) is 0. The predicted molar refractivity (Wildman–Crippen MR) is 236 cm³/mol. The first-order valence-corrected chi connectivity index (χ1v) is 19.3. The second-order valence-electron chi connectivity index (χ2n) is 13.9. The molecule has 0 amide bonds. The van der Waals surface area contributed by atoms with Crippen LogP contribution in [0.5, 0.6) is 0 Å². The van der Waals surface area contributed by atoms with E-state index in [-0.39, 0.29) is 58.1 Å². The third-order valence-corrected chi connectivity index (χ3v) is 11.8. The number of aromatic nitrogens is 4. The molecule has 57 heavy (non-hydrogen) atoms. The molecule has 5 nitrogen and oxygen atoms in total. The van der Waals surface area contributed by atoms with Crippen molar-refractivity contribution in [3.8, 4) is 51.0 Å². The van der Waals surface area contributed by atoms with Crippen LogP contribution in [0, 0.1) is 0 Å². The van der Waals surface area contributed by atoms with Gasteiger partial charge in [0.05, 0.1) is 24.9 Å². The molecular weight excluding hydrogens is 717 g/mol. The zero-order valence-electron chi connectivity index (χ0n) is 36.0. The summed E-state index contributed by atoms with van der Waals surface area (Å²) in [6.45, 7) is 0. The molecule has 0 bridgehead atoms. The van der Waals surface area contributed by atoms with E-state index in [4.69, 9.17) is 24.9 Å². The first kappa shape index (κ1) is 26.4. The molecular formula is C51H30N4OS. The third-order valence-electron chi connectivity index (χ3n) is 10.6. The van der Waals surface area contributed by atoms with Crippen molar-refractivity contribution in [2.45, 2.75) is 0 Å². The van der Waals surface area contributed by atoms with E-state index in [1.165, 1.54) is 26.9 Å². The smallest absolute Gasteiger partial charge is 0.164 e. The molecule has 0 saturated heterocycles. The van der Waals surface area contributed by atoms with Gasteiger partial charge in [0.15, 0.2) is 17.5 Å². The molecule has 12 rings (SSSR count). The molecule has 0 N–H and O–H groups in total. The van der Waals surface area contributed by atoms with E-state index in [1.807, 2.05) is 97.1 Å². The Bertz CT molecular complexity index is 3830. The Morgan fingerprint density at radius 1 is 0.456 bits per heavy atom. The van der Waals surface area contributed by atoms with Gasteiger partial charge in [-0.15, -0.1) is 11.3 Å². The SMILES string of the molecule is [2H]c1cc([2H])c2c(c1[2H])c1c([2H])c([2H])cc([2H])c1n2-c1ccc(-c2nc(-c3ccccc3)nc(-c3ccc4sc5ccccc5c4c3)n2)cc1-c1cccc2c1oc1ccccc12. The van der Waals surface area contributed by atoms with Crippen LogP contribution in [-0.2, 0) is 0 Å². The summed E-state index contributed by atoms with van der Waals surface area (Å²) in [6.07, 6.45) is 0. The van der Waals surface area contributed by atoms with Crippen LogP contribution in [-0.4, -0.2) is 19.5 Å². The summed E-state index contributed by atoms with van der Waals surface area (Å²) in [6, 6.07) is 45.9. The van der Waals surface area contributed by atoms with Crippen LogP contribution in [0.25, 0.3) is 115 Å². The van der Waals surface area contributed by atoms with Gasteiger partial charge in [-0.3, -0.25) is 0 Å². The van der Waals surface area contributed by atoms with Crippen LogP contribution in [0.4, 0.5) is 0 Å². The average molecular weight is 753 g/mol. The van der Waals surface area contributed by atoms with E-state index in [0.717, 1.165) is 27.3 Å². The van der Waals surface area contributed by atoms with Crippen molar-refractivity contribution in [3.05, 3.63) is 182 Å². The van der Waals surface area contributed by atoms with Gasteiger partial charge in [-0.05, 0) is 60.6 Å². The lowest BCUT2D eigenvalue weighted by atomic mass is 9.98. The molecule has 0 aliphatic carbocycles. The first-order valence-electron chi connectivity index (χ1n) is 21.5. The lowest BCUT2D eigenvalue weighted by molar-refractivity contribution is 0.670. The van der Waals surface area contributed by atoms with Crippen LogP contribution in [0.3, 0.4) is 0 Å². The highest BCUT2D eigenvalue weighted by Gasteiger charge is 2.21. The molecule has 0 unspecified atom stereocenters. The zero-order chi connectivity index (χ0) is 42.7. The topological polar surface area (TPSA) is 56.7 Å². The largest absolute Gasteiger partial charge is 0.455 e. The highest BCUT2D eigenvalue weighted by Crippen LogP contribution is 2.43. The molecule has 8 aromatic carbocycles. The van der Waals surface area contributed by atoms with E-state index < -0.39 is 0 Å². The zero-order valence-corrected chi connectivity index (χ0v) is 30.8. The number of nitrogens with zero attached hydrogens (tertiary/aromatic N) is 4. The number of hydrogen-bond acceptors (Lipinski definition) is 5. The van der Waals surface area contributed by atoms with Crippen LogP contribution >= 0.6 is 11.3 Å². The Labute approximate surface area is 339 Å². The van der Waals surface area contributed by atoms with Crippen molar-refractivity contribution >= 4 is 75.3 Å². The quantitative estimate of drug-likeness (QED) is 0.176. The molecule has 6 heteroatoms. The van der Waals surface area contributed by atoms with Gasteiger partial charge in [-0.1, -0.05) is 121 Å². The number of furan rings is 1. The summed E-state index contributed by atoms with van der Waals surface area (Å²) in [5.41, 5.74) is 6.07. The fourth-order valence-corrected chi connectivity index (χ4v) is 9.10. The van der Waals surface area contributed by atoms with E-state index >= 15 is 0 Å². The van der Waals surface area contributed by atoms with Gasteiger partial charge in [-0.25, -0.2) is 15.0 Å². The minimum atomic E-state index is -0.180. The van der Waals surface area contributed by atoms with E-state index in [9.17, 15) is 2.74 Å². The van der Waals surface area contributed by atoms with E-state index in [1.54, 1.807) is 15.9 Å². The fraction of sp³-hybridized carbons (Fsp3) is 0. The Morgan fingerprint density at radius 3 is 1.88 bits per heavy atom. The normalized spacial score (nSPS) is 13.3. The second-order valence-corrected chi connectivity index (χ2v) is 15.0. The number of rotatable bonds is 5. The number of thiophene rings is 1. The maximum Gasteiger partial charge on any atom is 0.164 e. The summed E-state index contributed by atoms with van der Waals surface area (Å²) >= 11 is 1.75. The Kier molecular flexibility index (Phi) is 5.82. The summed E-state index contributed by atoms with van der Waals surface area (Å²) < 4.78 is 64.4. The predicted octanol–water partition coefficient (Wildman–Crippen LogP) is 13.9. The monoisotopic (exact) mass is 752 g/mol. The molecule has 0 atom stereocenters. The minimum absolute atomic E-state index is 0.0468. The van der Waals surface area contributed by atoms with Gasteiger partial charge in [-0.2, -0.15) is 0 Å². The minimum Gasteiger partial charge on any atom is -0.455 e. The van der Waals surface area contributed by atoms with Gasteiger partial charge < -0.3 is 8.98 Å². The lowest BCUT2D eigenvalue weighted by Crippen LogP contribution is -2.02. The summed E-state index contributed by atoms with van der Waals surface area (Å²) in [5.74, 6) is 1.42. The standard InChI is InChI=1S/C51H30N4OS/c1-2-13-31(14-3-1)49-52-50(54-51(53-49)33-26-28-47-41(30-33)37-18-7-11-24-46(37)57-47)32-25-27-44(55-42-21-8-4-15-34(42)35-16-5-9-22-43(35)55)40(29-32)39-20-12-19-38-36-17-6-10-23-45(36)56-48(38)39/h1-30H/i4D,5D,15D,16D,21D,22D. The van der Waals surface area contributed by atoms with Crippen molar-refractivity contribution in [1.82, 2.24) is 19.5 Å². The number of hydrogen-bond donors (Lipinski definition) is 0. The van der Waals surface area contributed by atoms with Crippen molar-refractivity contribution in [3.63, 3.8) is 0 Å². The van der Waals surface area contributed by atoms with Crippen molar-refractivity contribution in [2.75, 3.05) is 0 Å². The molecule has 0 radical (unpaired) electrons. The first-order chi connectivity index (χ1) is 30.7. The van der Waals surface area contributed by atoms with Crippen molar-refractivity contribution < 1.29 is 12.6 Å². The van der Waals surface area contributed by atoms with E-state index in [0.29, 0.717) is 51.0 Å². The fourth-order valence-electron chi connectivity index (χ4n) is 8.02. The molecule has 0 aliphatic rings. The van der Waals surface area contributed by atoms with Gasteiger partial charge in [0.25, 0.3) is 0 Å². The summed E-state index contributed by atoms with van der Waals surface area (Å²) in [4.78, 5) is 15.3.